The summed E-state index contributed by atoms with van der Waals surface area (Å²) in [6.45, 7) is 1.59. The number of carbonyl (C=O) groups is 1. The standard InChI is InChI=1S/C9H7Cl2FO/c1-5-6(11)2-3-7(12)9(5)8(13)4-10/h2-3H,4H2,1H3. The summed E-state index contributed by atoms with van der Waals surface area (Å²) in [5.74, 6) is -1.26. The molecule has 0 aliphatic carbocycles. The van der Waals surface area contributed by atoms with Gasteiger partial charge in [-0.25, -0.2) is 4.39 Å². The van der Waals surface area contributed by atoms with Gasteiger partial charge in [0.2, 0.25) is 0 Å². The van der Waals surface area contributed by atoms with E-state index in [1.54, 1.807) is 6.92 Å². The van der Waals surface area contributed by atoms with Gasteiger partial charge in [-0.2, -0.15) is 0 Å². The zero-order valence-corrected chi connectivity index (χ0v) is 8.42. The smallest absolute Gasteiger partial charge is 0.180 e. The Balaban J connectivity index is 3.33. The minimum Gasteiger partial charge on any atom is -0.293 e. The quantitative estimate of drug-likeness (QED) is 0.553. The van der Waals surface area contributed by atoms with Crippen molar-refractivity contribution in [2.75, 3.05) is 5.88 Å². The second-order valence-electron chi connectivity index (χ2n) is 2.59. The first kappa shape index (κ1) is 10.5. The third-order valence-electron chi connectivity index (χ3n) is 1.75. The maximum Gasteiger partial charge on any atom is 0.180 e. The summed E-state index contributed by atoms with van der Waals surface area (Å²) >= 11 is 11.0. The van der Waals surface area contributed by atoms with Crippen molar-refractivity contribution in [1.29, 1.82) is 0 Å². The monoisotopic (exact) mass is 220 g/mol. The maximum absolute atomic E-state index is 13.1. The Morgan fingerprint density at radius 1 is 1.54 bits per heavy atom. The average Bonchev–Trinajstić information content (AvgIpc) is 2.12. The van der Waals surface area contributed by atoms with Crippen molar-refractivity contribution in [2.45, 2.75) is 6.92 Å². The van der Waals surface area contributed by atoms with Crippen LogP contribution in [0.3, 0.4) is 0 Å². The average molecular weight is 221 g/mol. The van der Waals surface area contributed by atoms with Crippen molar-refractivity contribution in [1.82, 2.24) is 0 Å². The lowest BCUT2D eigenvalue weighted by Crippen LogP contribution is -2.06. The molecule has 1 aromatic carbocycles. The molecule has 0 aromatic heterocycles. The maximum atomic E-state index is 13.1. The van der Waals surface area contributed by atoms with Crippen LogP contribution in [0, 0.1) is 12.7 Å². The van der Waals surface area contributed by atoms with Gasteiger partial charge in [-0.3, -0.25) is 4.79 Å². The zero-order chi connectivity index (χ0) is 10.0. The predicted molar refractivity (Wildman–Crippen MR) is 51.2 cm³/mol. The van der Waals surface area contributed by atoms with Gasteiger partial charge in [0.05, 0.1) is 11.4 Å². The molecule has 0 fully saturated rings. The van der Waals surface area contributed by atoms with Crippen molar-refractivity contribution in [2.24, 2.45) is 0 Å². The van der Waals surface area contributed by atoms with E-state index in [2.05, 4.69) is 0 Å². The van der Waals surface area contributed by atoms with Gasteiger partial charge >= 0.3 is 0 Å². The second kappa shape index (κ2) is 4.07. The van der Waals surface area contributed by atoms with Crippen LogP contribution in [0.4, 0.5) is 4.39 Å². The van der Waals surface area contributed by atoms with Gasteiger partial charge in [0, 0.05) is 5.02 Å². The van der Waals surface area contributed by atoms with Crippen LogP contribution in [0.1, 0.15) is 15.9 Å². The van der Waals surface area contributed by atoms with Crippen LogP contribution in [0.2, 0.25) is 5.02 Å². The first-order valence-electron chi connectivity index (χ1n) is 3.61. The van der Waals surface area contributed by atoms with Gasteiger partial charge in [-0.15, -0.1) is 11.6 Å². The number of carbonyl (C=O) groups excluding carboxylic acids is 1. The molecule has 4 heteroatoms. The van der Waals surface area contributed by atoms with Crippen molar-refractivity contribution in [3.63, 3.8) is 0 Å². The fourth-order valence-corrected chi connectivity index (χ4v) is 1.35. The Morgan fingerprint density at radius 3 is 2.69 bits per heavy atom. The Labute approximate surface area is 85.5 Å². The third kappa shape index (κ3) is 2.01. The number of halogens is 3. The summed E-state index contributed by atoms with van der Waals surface area (Å²) in [7, 11) is 0. The lowest BCUT2D eigenvalue weighted by molar-refractivity contribution is 0.101. The molecule has 0 aliphatic rings. The van der Waals surface area contributed by atoms with E-state index in [1.165, 1.54) is 6.07 Å². The highest BCUT2D eigenvalue weighted by Crippen LogP contribution is 2.22. The molecule has 0 spiro atoms. The van der Waals surface area contributed by atoms with Crippen LogP contribution in [-0.2, 0) is 0 Å². The molecular weight excluding hydrogens is 214 g/mol. The minimum absolute atomic E-state index is 0.0116. The molecule has 0 unspecified atom stereocenters. The molecule has 70 valence electrons. The SMILES string of the molecule is Cc1c(Cl)ccc(F)c1C(=O)CCl. The number of ketones is 1. The highest BCUT2D eigenvalue weighted by molar-refractivity contribution is 6.33. The van der Waals surface area contributed by atoms with Crippen LogP contribution >= 0.6 is 23.2 Å². The molecule has 0 radical (unpaired) electrons. The lowest BCUT2D eigenvalue weighted by Gasteiger charge is -2.05. The molecule has 1 rings (SSSR count). The normalized spacial score (nSPS) is 10.2. The van der Waals surface area contributed by atoms with E-state index in [-0.39, 0.29) is 11.4 Å². The molecule has 0 heterocycles. The van der Waals surface area contributed by atoms with E-state index >= 15 is 0 Å². The molecule has 0 saturated heterocycles. The summed E-state index contributed by atoms with van der Waals surface area (Å²) in [6.07, 6.45) is 0. The van der Waals surface area contributed by atoms with E-state index in [9.17, 15) is 9.18 Å². The van der Waals surface area contributed by atoms with Crippen LogP contribution in [-0.4, -0.2) is 11.7 Å². The fraction of sp³-hybridized carbons (Fsp3) is 0.222. The summed E-state index contributed by atoms with van der Waals surface area (Å²) < 4.78 is 13.1. The number of Topliss-reactive ketones (excluding diaryl/α,β-unsaturated/α-hetero) is 1. The minimum atomic E-state index is -0.576. The summed E-state index contributed by atoms with van der Waals surface area (Å²) in [5, 5.41) is 0.370. The molecule has 13 heavy (non-hydrogen) atoms. The number of hydrogen-bond donors (Lipinski definition) is 0. The van der Waals surface area contributed by atoms with E-state index in [0.717, 1.165) is 6.07 Å². The van der Waals surface area contributed by atoms with E-state index in [0.29, 0.717) is 10.6 Å². The number of alkyl halides is 1. The van der Waals surface area contributed by atoms with Crippen LogP contribution < -0.4 is 0 Å². The van der Waals surface area contributed by atoms with Crippen molar-refractivity contribution >= 4 is 29.0 Å². The molecule has 0 bridgehead atoms. The van der Waals surface area contributed by atoms with Crippen LogP contribution in [0.15, 0.2) is 12.1 Å². The zero-order valence-electron chi connectivity index (χ0n) is 6.90. The Morgan fingerprint density at radius 2 is 2.15 bits per heavy atom. The topological polar surface area (TPSA) is 17.1 Å². The third-order valence-corrected chi connectivity index (χ3v) is 2.40. The number of hydrogen-bond acceptors (Lipinski definition) is 1. The van der Waals surface area contributed by atoms with Crippen molar-refractivity contribution in [3.05, 3.63) is 34.1 Å². The highest BCUT2D eigenvalue weighted by atomic mass is 35.5. The molecule has 0 atom stereocenters. The second-order valence-corrected chi connectivity index (χ2v) is 3.26. The molecule has 1 aromatic rings. The van der Waals surface area contributed by atoms with Gasteiger partial charge in [-0.1, -0.05) is 11.6 Å². The van der Waals surface area contributed by atoms with Crippen LogP contribution in [0.25, 0.3) is 0 Å². The first-order chi connectivity index (χ1) is 6.07. The summed E-state index contributed by atoms with van der Waals surface area (Å²) in [6, 6.07) is 2.58. The predicted octanol–water partition coefficient (Wildman–Crippen LogP) is 3.21. The summed E-state index contributed by atoms with van der Waals surface area (Å²) in [4.78, 5) is 11.2. The van der Waals surface area contributed by atoms with Crippen molar-refractivity contribution < 1.29 is 9.18 Å². The molecule has 0 saturated carbocycles. The van der Waals surface area contributed by atoms with Gasteiger partial charge in [0.1, 0.15) is 5.82 Å². The summed E-state index contributed by atoms with van der Waals surface area (Å²) in [5.41, 5.74) is 0.426. The van der Waals surface area contributed by atoms with E-state index in [1.807, 2.05) is 0 Å². The Bertz CT molecular complexity index is 350. The molecule has 1 nitrogen and oxygen atoms in total. The molecule has 0 amide bonds. The van der Waals surface area contributed by atoms with Crippen LogP contribution in [0.5, 0.6) is 0 Å². The number of benzene rings is 1. The highest BCUT2D eigenvalue weighted by Gasteiger charge is 2.15. The lowest BCUT2D eigenvalue weighted by atomic mass is 10.1. The largest absolute Gasteiger partial charge is 0.293 e. The number of rotatable bonds is 2. The molecule has 0 aliphatic heterocycles. The Hall–Kier alpha value is -0.600. The van der Waals surface area contributed by atoms with Gasteiger partial charge in [-0.05, 0) is 24.6 Å². The molecule has 0 N–H and O–H groups in total. The van der Waals surface area contributed by atoms with E-state index in [4.69, 9.17) is 23.2 Å². The van der Waals surface area contributed by atoms with Gasteiger partial charge in [0.25, 0.3) is 0 Å². The van der Waals surface area contributed by atoms with Gasteiger partial charge in [0.15, 0.2) is 5.78 Å². The molecular formula is C9H7Cl2FO. The van der Waals surface area contributed by atoms with E-state index < -0.39 is 11.6 Å². The fourth-order valence-electron chi connectivity index (χ4n) is 1.06. The first-order valence-corrected chi connectivity index (χ1v) is 4.53. The van der Waals surface area contributed by atoms with Gasteiger partial charge < -0.3 is 0 Å². The van der Waals surface area contributed by atoms with Crippen molar-refractivity contribution in [3.8, 4) is 0 Å². The Kier molecular flexibility index (Phi) is 3.28.